The predicted molar refractivity (Wildman–Crippen MR) is 110 cm³/mol. The molecule has 150 valence electrons. The van der Waals surface area contributed by atoms with E-state index in [0.717, 1.165) is 10.1 Å². The van der Waals surface area contributed by atoms with Crippen molar-refractivity contribution in [1.82, 2.24) is 10.6 Å². The first kappa shape index (κ1) is 20.5. The number of Topliss-reactive ketones (excluding diaryl/α,β-unsaturated/α-hetero) is 1. The molecule has 6 nitrogen and oxygen atoms in total. The molecule has 2 N–H and O–H groups in total. The largest absolute Gasteiger partial charge is 0.368 e. The van der Waals surface area contributed by atoms with Gasteiger partial charge in [-0.2, -0.15) is 0 Å². The van der Waals surface area contributed by atoms with E-state index in [9.17, 15) is 14.4 Å². The van der Waals surface area contributed by atoms with E-state index in [1.165, 1.54) is 11.3 Å². The Bertz CT molecular complexity index is 907. The van der Waals surface area contributed by atoms with Gasteiger partial charge in [-0.05, 0) is 32.3 Å². The lowest BCUT2D eigenvalue weighted by atomic mass is 9.92. The highest BCUT2D eigenvalue weighted by Gasteiger charge is 2.47. The average Bonchev–Trinajstić information content (AvgIpc) is 3.18. The van der Waals surface area contributed by atoms with Gasteiger partial charge in [-0.3, -0.25) is 14.4 Å². The normalized spacial score (nSPS) is 23.2. The summed E-state index contributed by atoms with van der Waals surface area (Å²) < 4.78 is 6.40. The van der Waals surface area contributed by atoms with Gasteiger partial charge in [0.1, 0.15) is 18.2 Å². The van der Waals surface area contributed by atoms with Gasteiger partial charge in [0, 0.05) is 15.5 Å². The minimum atomic E-state index is -1.08. The molecule has 3 rings (SSSR count). The number of fused-ring (bicyclic) bond motifs is 1. The van der Waals surface area contributed by atoms with Crippen molar-refractivity contribution in [2.45, 2.75) is 51.8 Å². The molecule has 2 aromatic rings. The highest BCUT2D eigenvalue weighted by molar-refractivity contribution is 7.17. The van der Waals surface area contributed by atoms with Crippen molar-refractivity contribution in [3.05, 3.63) is 35.2 Å². The Kier molecular flexibility index (Phi) is 5.86. The van der Waals surface area contributed by atoms with Gasteiger partial charge in [-0.1, -0.05) is 32.0 Å². The molecule has 0 radical (unpaired) electrons. The number of ketones is 1. The molecule has 1 saturated heterocycles. The number of amides is 2. The summed E-state index contributed by atoms with van der Waals surface area (Å²) in [5.74, 6) is -0.622. The van der Waals surface area contributed by atoms with E-state index in [-0.39, 0.29) is 30.1 Å². The maximum absolute atomic E-state index is 13.0. The lowest BCUT2D eigenvalue weighted by molar-refractivity contribution is -0.130. The van der Waals surface area contributed by atoms with Crippen molar-refractivity contribution >= 4 is 39.0 Å². The lowest BCUT2D eigenvalue weighted by Crippen LogP contribution is -2.60. The quantitative estimate of drug-likeness (QED) is 0.778. The molecule has 0 bridgehead atoms. The van der Waals surface area contributed by atoms with Crippen molar-refractivity contribution < 1.29 is 19.1 Å². The standard InChI is InChI=1S/C21H26N2O4S/c1-12(2)9-16(20(26)23-21(4)13(3)27-10-18(21)24)22-19(25)15-11-28-17-8-6-5-7-14(15)17/h5-8,11-13,16H,9-10H2,1-4H3,(H,22,25)(H,23,26). The Morgan fingerprint density at radius 3 is 2.68 bits per heavy atom. The lowest BCUT2D eigenvalue weighted by Gasteiger charge is -2.30. The summed E-state index contributed by atoms with van der Waals surface area (Å²) in [6.07, 6.45) is 0.0549. The average molecular weight is 403 g/mol. The van der Waals surface area contributed by atoms with Crippen LogP contribution in [0.1, 0.15) is 44.5 Å². The second kappa shape index (κ2) is 8.01. The van der Waals surface area contributed by atoms with Crippen LogP contribution in [0.15, 0.2) is 29.6 Å². The molecule has 0 spiro atoms. The van der Waals surface area contributed by atoms with Crippen molar-refractivity contribution in [2.75, 3.05) is 6.61 Å². The number of carbonyl (C=O) groups is 3. The molecule has 3 atom stereocenters. The number of ether oxygens (including phenoxy) is 1. The third-order valence-electron chi connectivity index (χ3n) is 5.29. The zero-order valence-electron chi connectivity index (χ0n) is 16.6. The summed E-state index contributed by atoms with van der Waals surface area (Å²) in [5, 5.41) is 8.37. The Morgan fingerprint density at radius 1 is 1.32 bits per heavy atom. The Balaban J connectivity index is 1.79. The highest BCUT2D eigenvalue weighted by atomic mass is 32.1. The highest BCUT2D eigenvalue weighted by Crippen LogP contribution is 2.26. The molecule has 28 heavy (non-hydrogen) atoms. The number of hydrogen-bond donors (Lipinski definition) is 2. The molecule has 3 unspecified atom stereocenters. The number of thiophene rings is 1. The Labute approximate surface area is 168 Å². The Hall–Kier alpha value is -2.25. The maximum Gasteiger partial charge on any atom is 0.253 e. The molecule has 1 fully saturated rings. The molecular weight excluding hydrogens is 376 g/mol. The van der Waals surface area contributed by atoms with Crippen molar-refractivity contribution in [3.63, 3.8) is 0 Å². The number of benzene rings is 1. The smallest absolute Gasteiger partial charge is 0.253 e. The van der Waals surface area contributed by atoms with E-state index in [1.807, 2.05) is 43.5 Å². The molecule has 2 heterocycles. The first-order valence-corrected chi connectivity index (χ1v) is 10.3. The van der Waals surface area contributed by atoms with Crippen LogP contribution in [0.4, 0.5) is 0 Å². The van der Waals surface area contributed by atoms with E-state index < -0.39 is 17.7 Å². The van der Waals surface area contributed by atoms with Crippen molar-refractivity contribution in [1.29, 1.82) is 0 Å². The number of nitrogens with one attached hydrogen (secondary N) is 2. The monoisotopic (exact) mass is 402 g/mol. The maximum atomic E-state index is 13.0. The van der Waals surface area contributed by atoms with Gasteiger partial charge in [0.25, 0.3) is 5.91 Å². The van der Waals surface area contributed by atoms with Gasteiger partial charge in [-0.25, -0.2) is 0 Å². The minimum absolute atomic E-state index is 0.0138. The predicted octanol–water partition coefficient (Wildman–Crippen LogP) is 2.91. The zero-order valence-corrected chi connectivity index (χ0v) is 17.4. The fourth-order valence-electron chi connectivity index (χ4n) is 3.35. The summed E-state index contributed by atoms with van der Waals surface area (Å²) in [4.78, 5) is 38.1. The van der Waals surface area contributed by atoms with Crippen LogP contribution in [0.3, 0.4) is 0 Å². The summed E-state index contributed by atoms with van der Waals surface area (Å²) >= 11 is 1.50. The van der Waals surface area contributed by atoms with Crippen molar-refractivity contribution in [3.8, 4) is 0 Å². The number of rotatable bonds is 6. The fraction of sp³-hybridized carbons (Fsp3) is 0.476. The van der Waals surface area contributed by atoms with Crippen LogP contribution >= 0.6 is 11.3 Å². The van der Waals surface area contributed by atoms with Gasteiger partial charge in [0.05, 0.1) is 11.7 Å². The fourth-order valence-corrected chi connectivity index (χ4v) is 4.29. The first-order chi connectivity index (χ1) is 13.2. The van der Waals surface area contributed by atoms with Gasteiger partial charge in [-0.15, -0.1) is 11.3 Å². The van der Waals surface area contributed by atoms with E-state index in [4.69, 9.17) is 4.74 Å². The van der Waals surface area contributed by atoms with E-state index in [2.05, 4.69) is 10.6 Å². The molecule has 1 aliphatic heterocycles. The van der Waals surface area contributed by atoms with Crippen LogP contribution < -0.4 is 10.6 Å². The van der Waals surface area contributed by atoms with Gasteiger partial charge in [0.15, 0.2) is 5.78 Å². The van der Waals surface area contributed by atoms with E-state index in [0.29, 0.717) is 12.0 Å². The molecular formula is C21H26N2O4S. The number of hydrogen-bond acceptors (Lipinski definition) is 5. The molecule has 2 amide bonds. The summed E-state index contributed by atoms with van der Waals surface area (Å²) in [6, 6.07) is 6.94. The van der Waals surface area contributed by atoms with Crippen molar-refractivity contribution in [2.24, 2.45) is 5.92 Å². The van der Waals surface area contributed by atoms with E-state index in [1.54, 1.807) is 13.8 Å². The zero-order chi connectivity index (χ0) is 20.5. The molecule has 1 aliphatic rings. The first-order valence-electron chi connectivity index (χ1n) is 9.46. The van der Waals surface area contributed by atoms with Gasteiger partial charge >= 0.3 is 0 Å². The number of carbonyl (C=O) groups excluding carboxylic acids is 3. The van der Waals surface area contributed by atoms with Gasteiger partial charge in [0.2, 0.25) is 5.91 Å². The summed E-state index contributed by atoms with van der Waals surface area (Å²) in [5.41, 5.74) is -0.520. The van der Waals surface area contributed by atoms with Gasteiger partial charge < -0.3 is 15.4 Å². The molecule has 0 aliphatic carbocycles. The van der Waals surface area contributed by atoms with Crippen LogP contribution in [-0.4, -0.2) is 41.9 Å². The van der Waals surface area contributed by atoms with Crippen LogP contribution in [-0.2, 0) is 14.3 Å². The minimum Gasteiger partial charge on any atom is -0.368 e. The third kappa shape index (κ3) is 3.95. The topological polar surface area (TPSA) is 84.5 Å². The molecule has 7 heteroatoms. The summed E-state index contributed by atoms with van der Waals surface area (Å²) in [7, 11) is 0. The molecule has 0 saturated carbocycles. The van der Waals surface area contributed by atoms with Crippen LogP contribution in [0.2, 0.25) is 0 Å². The van der Waals surface area contributed by atoms with Crippen LogP contribution in [0.25, 0.3) is 10.1 Å². The third-order valence-corrected chi connectivity index (χ3v) is 6.26. The summed E-state index contributed by atoms with van der Waals surface area (Å²) in [6.45, 7) is 7.39. The van der Waals surface area contributed by atoms with E-state index >= 15 is 0 Å². The second-order valence-electron chi connectivity index (χ2n) is 7.87. The molecule has 1 aromatic heterocycles. The SMILES string of the molecule is CC(C)CC(NC(=O)c1csc2ccccc12)C(=O)NC1(C)C(=O)COC1C. The molecule has 1 aromatic carbocycles. The van der Waals surface area contributed by atoms with Crippen LogP contribution in [0.5, 0.6) is 0 Å². The Morgan fingerprint density at radius 2 is 2.04 bits per heavy atom. The second-order valence-corrected chi connectivity index (χ2v) is 8.78. The van der Waals surface area contributed by atoms with Crippen LogP contribution in [0, 0.1) is 5.92 Å².